The Morgan fingerprint density at radius 1 is 1.26 bits per heavy atom. The van der Waals surface area contributed by atoms with E-state index >= 15 is 0 Å². The van der Waals surface area contributed by atoms with Crippen LogP contribution in [0, 0.1) is 6.92 Å². The van der Waals surface area contributed by atoms with Crippen molar-refractivity contribution in [3.05, 3.63) is 69.9 Å². The summed E-state index contributed by atoms with van der Waals surface area (Å²) in [6.07, 6.45) is 0.866. The first-order valence-electron chi connectivity index (χ1n) is 9.27. The second-order valence-corrected chi connectivity index (χ2v) is 7.40. The molecular weight excluding hydrogens is 358 g/mol. The van der Waals surface area contributed by atoms with Gasteiger partial charge in [0.05, 0.1) is 11.1 Å². The number of benzene rings is 2. The molecular formula is C22H22ClN3O. The van der Waals surface area contributed by atoms with Gasteiger partial charge in [0.2, 0.25) is 0 Å². The quantitative estimate of drug-likeness (QED) is 0.709. The number of nitrogens with one attached hydrogen (secondary N) is 1. The van der Waals surface area contributed by atoms with Crippen molar-refractivity contribution in [1.82, 2.24) is 9.88 Å². The average molecular weight is 380 g/mol. The zero-order valence-corrected chi connectivity index (χ0v) is 16.3. The van der Waals surface area contributed by atoms with Gasteiger partial charge >= 0.3 is 0 Å². The molecule has 1 aromatic heterocycles. The number of aryl methyl sites for hydroxylation is 1. The van der Waals surface area contributed by atoms with Crippen LogP contribution in [-0.2, 0) is 13.0 Å². The fourth-order valence-corrected chi connectivity index (χ4v) is 3.86. The van der Waals surface area contributed by atoms with Crippen LogP contribution in [0.2, 0.25) is 5.02 Å². The van der Waals surface area contributed by atoms with Gasteiger partial charge in [0.1, 0.15) is 0 Å². The number of anilines is 1. The highest BCUT2D eigenvalue weighted by Crippen LogP contribution is 2.29. The van der Waals surface area contributed by atoms with Crippen molar-refractivity contribution in [3.8, 4) is 0 Å². The molecule has 1 aliphatic rings. The summed E-state index contributed by atoms with van der Waals surface area (Å²) in [6, 6.07) is 13.4. The topological polar surface area (TPSA) is 45.2 Å². The number of fused-ring (bicyclic) bond motifs is 2. The molecule has 3 aromatic rings. The summed E-state index contributed by atoms with van der Waals surface area (Å²) >= 11 is 6.13. The lowest BCUT2D eigenvalue weighted by molar-refractivity contribution is 0.102. The van der Waals surface area contributed by atoms with Crippen molar-refractivity contribution in [2.75, 3.05) is 18.4 Å². The number of rotatable bonds is 3. The third kappa shape index (κ3) is 3.43. The number of aromatic nitrogens is 1. The second-order valence-electron chi connectivity index (χ2n) is 6.96. The molecule has 0 aliphatic carbocycles. The van der Waals surface area contributed by atoms with E-state index in [1.807, 2.05) is 43.3 Å². The lowest BCUT2D eigenvalue weighted by Crippen LogP contribution is -2.33. The first kappa shape index (κ1) is 18.0. The second kappa shape index (κ2) is 7.29. The number of carbonyl (C=O) groups excluding carboxylic acids is 1. The number of para-hydroxylation sites is 1. The van der Waals surface area contributed by atoms with Crippen LogP contribution in [0.15, 0.2) is 42.5 Å². The molecule has 0 bridgehead atoms. The third-order valence-corrected chi connectivity index (χ3v) is 5.48. The molecule has 138 valence electrons. The molecule has 4 rings (SSSR count). The Morgan fingerprint density at radius 3 is 2.89 bits per heavy atom. The maximum atomic E-state index is 13.4. The minimum absolute atomic E-state index is 0.104. The fraction of sp³-hybridized carbons (Fsp3) is 0.273. The maximum Gasteiger partial charge on any atom is 0.256 e. The van der Waals surface area contributed by atoms with E-state index in [0.29, 0.717) is 5.02 Å². The lowest BCUT2D eigenvalue weighted by Gasteiger charge is -2.29. The van der Waals surface area contributed by atoms with Crippen molar-refractivity contribution >= 4 is 34.1 Å². The monoisotopic (exact) mass is 379 g/mol. The number of carbonyl (C=O) groups is 1. The van der Waals surface area contributed by atoms with E-state index in [1.54, 1.807) is 6.07 Å². The Hall–Kier alpha value is -2.43. The van der Waals surface area contributed by atoms with E-state index in [4.69, 9.17) is 16.6 Å². The molecule has 1 amide bonds. The van der Waals surface area contributed by atoms with Gasteiger partial charge < -0.3 is 5.32 Å². The SMILES string of the molecule is CCN1CCc2nc3ccccc3c(C(=O)Nc3cc(Cl)ccc3C)c2C1. The van der Waals surface area contributed by atoms with E-state index in [9.17, 15) is 4.79 Å². The normalized spacial score (nSPS) is 14.2. The van der Waals surface area contributed by atoms with E-state index in [0.717, 1.165) is 65.0 Å². The van der Waals surface area contributed by atoms with Crippen molar-refractivity contribution in [3.63, 3.8) is 0 Å². The Labute approximate surface area is 164 Å². The van der Waals surface area contributed by atoms with E-state index in [2.05, 4.69) is 17.1 Å². The summed E-state index contributed by atoms with van der Waals surface area (Å²) in [5, 5.41) is 4.57. The van der Waals surface area contributed by atoms with Crippen LogP contribution < -0.4 is 5.32 Å². The van der Waals surface area contributed by atoms with Crippen LogP contribution in [0.3, 0.4) is 0 Å². The molecule has 27 heavy (non-hydrogen) atoms. The first-order chi connectivity index (χ1) is 13.1. The van der Waals surface area contributed by atoms with Crippen LogP contribution in [0.4, 0.5) is 5.69 Å². The summed E-state index contributed by atoms with van der Waals surface area (Å²) in [6.45, 7) is 6.80. The number of hydrogen-bond acceptors (Lipinski definition) is 3. The van der Waals surface area contributed by atoms with Crippen LogP contribution in [0.5, 0.6) is 0 Å². The summed E-state index contributed by atoms with van der Waals surface area (Å²) in [5.41, 5.74) is 5.40. The standard InChI is InChI=1S/C22H22ClN3O/c1-3-26-11-10-19-17(13-26)21(16-6-4-5-7-18(16)24-19)22(27)25-20-12-15(23)9-8-14(20)2/h4-9,12H,3,10-11,13H2,1-2H3,(H,25,27). The van der Waals surface area contributed by atoms with Gasteiger partial charge in [-0.05, 0) is 37.2 Å². The molecule has 1 N–H and O–H groups in total. The number of likely N-dealkylation sites (N-methyl/N-ethyl adjacent to an activating group) is 1. The van der Waals surface area contributed by atoms with Gasteiger partial charge in [0.15, 0.2) is 0 Å². The Balaban J connectivity index is 1.84. The van der Waals surface area contributed by atoms with Crippen LogP contribution in [0.1, 0.15) is 34.1 Å². The molecule has 2 heterocycles. The lowest BCUT2D eigenvalue weighted by atomic mass is 9.95. The maximum absolute atomic E-state index is 13.4. The van der Waals surface area contributed by atoms with Gasteiger partial charge in [-0.1, -0.05) is 42.8 Å². The molecule has 0 saturated carbocycles. The number of pyridine rings is 1. The van der Waals surface area contributed by atoms with Crippen molar-refractivity contribution < 1.29 is 4.79 Å². The Morgan fingerprint density at radius 2 is 2.07 bits per heavy atom. The van der Waals surface area contributed by atoms with Crippen molar-refractivity contribution in [1.29, 1.82) is 0 Å². The predicted molar refractivity (Wildman–Crippen MR) is 111 cm³/mol. The molecule has 0 atom stereocenters. The number of nitrogens with zero attached hydrogens (tertiary/aromatic N) is 2. The molecule has 0 unspecified atom stereocenters. The third-order valence-electron chi connectivity index (χ3n) is 5.25. The van der Waals surface area contributed by atoms with Crippen molar-refractivity contribution in [2.24, 2.45) is 0 Å². The smallest absolute Gasteiger partial charge is 0.256 e. The van der Waals surface area contributed by atoms with Gasteiger partial charge in [-0.25, -0.2) is 0 Å². The molecule has 0 radical (unpaired) electrons. The zero-order valence-electron chi connectivity index (χ0n) is 15.6. The minimum Gasteiger partial charge on any atom is -0.322 e. The van der Waals surface area contributed by atoms with Gasteiger partial charge in [-0.2, -0.15) is 0 Å². The highest BCUT2D eigenvalue weighted by Gasteiger charge is 2.25. The van der Waals surface area contributed by atoms with Gasteiger partial charge in [0.25, 0.3) is 5.91 Å². The van der Waals surface area contributed by atoms with Crippen LogP contribution >= 0.6 is 11.6 Å². The minimum atomic E-state index is -0.104. The van der Waals surface area contributed by atoms with E-state index in [1.165, 1.54) is 0 Å². The molecule has 1 aliphatic heterocycles. The summed E-state index contributed by atoms with van der Waals surface area (Å²) in [4.78, 5) is 20.5. The highest BCUT2D eigenvalue weighted by atomic mass is 35.5. The Kier molecular flexibility index (Phi) is 4.85. The number of hydrogen-bond donors (Lipinski definition) is 1. The molecule has 4 nitrogen and oxygen atoms in total. The van der Waals surface area contributed by atoms with Crippen molar-refractivity contribution in [2.45, 2.75) is 26.8 Å². The largest absolute Gasteiger partial charge is 0.322 e. The summed E-state index contributed by atoms with van der Waals surface area (Å²) < 4.78 is 0. The Bertz CT molecular complexity index is 1030. The fourth-order valence-electron chi connectivity index (χ4n) is 3.69. The van der Waals surface area contributed by atoms with E-state index < -0.39 is 0 Å². The molecule has 5 heteroatoms. The van der Waals surface area contributed by atoms with Gasteiger partial charge in [-0.15, -0.1) is 0 Å². The number of halogens is 1. The molecule has 0 spiro atoms. The average Bonchev–Trinajstić information content (AvgIpc) is 2.68. The van der Waals surface area contributed by atoms with Gasteiger partial charge in [-0.3, -0.25) is 14.7 Å². The molecule has 0 fully saturated rings. The zero-order chi connectivity index (χ0) is 19.0. The van der Waals surface area contributed by atoms with Crippen LogP contribution in [0.25, 0.3) is 10.9 Å². The first-order valence-corrected chi connectivity index (χ1v) is 9.65. The molecule has 0 saturated heterocycles. The predicted octanol–water partition coefficient (Wildman–Crippen LogP) is 4.83. The van der Waals surface area contributed by atoms with Crippen LogP contribution in [-0.4, -0.2) is 28.9 Å². The molecule has 2 aromatic carbocycles. The van der Waals surface area contributed by atoms with Gasteiger partial charge in [0, 0.05) is 46.9 Å². The summed E-state index contributed by atoms with van der Waals surface area (Å²) in [7, 11) is 0. The summed E-state index contributed by atoms with van der Waals surface area (Å²) in [5.74, 6) is -0.104. The van der Waals surface area contributed by atoms with E-state index in [-0.39, 0.29) is 5.91 Å². The number of amides is 1. The highest BCUT2D eigenvalue weighted by molar-refractivity contribution is 6.31.